The molecule has 1 rings (SSSR count). The lowest BCUT2D eigenvalue weighted by molar-refractivity contribution is 0.618. The van der Waals surface area contributed by atoms with Crippen LogP contribution < -0.4 is 0 Å². The minimum Gasteiger partial charge on any atom is -0.245 e. The molecule has 0 unspecified atom stereocenters. The molecule has 0 aliphatic heterocycles. The van der Waals surface area contributed by atoms with Crippen LogP contribution in [0.1, 0.15) is 0 Å². The topological polar surface area (TPSA) is 12.9 Å². The Bertz CT molecular complexity index is 241. The third-order valence-corrected chi connectivity index (χ3v) is 2.08. The SMILES string of the molecule is CSc1ncc(F)cc1Cl. The molecule has 0 saturated heterocycles. The fourth-order valence-electron chi connectivity index (χ4n) is 0.552. The van der Waals surface area contributed by atoms with Crippen LogP contribution in [0.15, 0.2) is 17.3 Å². The molecule has 1 nitrogen and oxygen atoms in total. The molecule has 4 heteroatoms. The molecule has 1 heterocycles. The van der Waals surface area contributed by atoms with E-state index in [1.54, 1.807) is 0 Å². The first-order valence-electron chi connectivity index (χ1n) is 2.59. The maximum atomic E-state index is 12.3. The molecule has 54 valence electrons. The van der Waals surface area contributed by atoms with Crippen LogP contribution in [-0.2, 0) is 0 Å². The van der Waals surface area contributed by atoms with E-state index in [0.717, 1.165) is 6.20 Å². The van der Waals surface area contributed by atoms with E-state index in [1.165, 1.54) is 17.8 Å². The lowest BCUT2D eigenvalue weighted by Crippen LogP contribution is -1.82. The van der Waals surface area contributed by atoms with Crippen LogP contribution in [0.3, 0.4) is 0 Å². The molecule has 0 aliphatic carbocycles. The second-order valence-corrected chi connectivity index (χ2v) is 2.85. The summed E-state index contributed by atoms with van der Waals surface area (Å²) in [5, 5.41) is 1.02. The van der Waals surface area contributed by atoms with Crippen LogP contribution in [0.5, 0.6) is 0 Å². The molecule has 0 N–H and O–H groups in total. The van der Waals surface area contributed by atoms with E-state index in [2.05, 4.69) is 4.98 Å². The van der Waals surface area contributed by atoms with Gasteiger partial charge in [0.15, 0.2) is 0 Å². The first-order valence-corrected chi connectivity index (χ1v) is 4.19. The Kier molecular flexibility index (Phi) is 2.51. The van der Waals surface area contributed by atoms with E-state index in [1.807, 2.05) is 6.26 Å². The maximum absolute atomic E-state index is 12.3. The molecule has 1 aromatic heterocycles. The van der Waals surface area contributed by atoms with Gasteiger partial charge in [0.1, 0.15) is 10.8 Å². The highest BCUT2D eigenvalue weighted by Gasteiger charge is 2.00. The summed E-state index contributed by atoms with van der Waals surface area (Å²) in [6.07, 6.45) is 2.99. The van der Waals surface area contributed by atoms with Crippen molar-refractivity contribution in [3.63, 3.8) is 0 Å². The number of hydrogen-bond donors (Lipinski definition) is 0. The second-order valence-electron chi connectivity index (χ2n) is 1.64. The van der Waals surface area contributed by atoms with E-state index < -0.39 is 5.82 Å². The summed E-state index contributed by atoms with van der Waals surface area (Å²) in [6, 6.07) is 1.25. The zero-order valence-corrected chi connectivity index (χ0v) is 6.84. The second kappa shape index (κ2) is 3.21. The molecule has 0 amide bonds. The van der Waals surface area contributed by atoms with E-state index in [9.17, 15) is 4.39 Å². The number of pyridine rings is 1. The lowest BCUT2D eigenvalue weighted by Gasteiger charge is -1.96. The third kappa shape index (κ3) is 1.61. The number of hydrogen-bond acceptors (Lipinski definition) is 2. The zero-order valence-electron chi connectivity index (χ0n) is 5.27. The van der Waals surface area contributed by atoms with Crippen LogP contribution in [-0.4, -0.2) is 11.2 Å². The van der Waals surface area contributed by atoms with Crippen LogP contribution in [0, 0.1) is 5.82 Å². The molecular weight excluding hydrogens is 173 g/mol. The highest BCUT2D eigenvalue weighted by atomic mass is 35.5. The monoisotopic (exact) mass is 177 g/mol. The Hall–Kier alpha value is -0.280. The normalized spacial score (nSPS) is 9.90. The summed E-state index contributed by atoms with van der Waals surface area (Å²) in [5.41, 5.74) is 0. The summed E-state index contributed by atoms with van der Waals surface area (Å²) in [6.45, 7) is 0. The van der Waals surface area contributed by atoms with Crippen LogP contribution in [0.4, 0.5) is 4.39 Å². The minimum absolute atomic E-state index is 0.368. The summed E-state index contributed by atoms with van der Waals surface area (Å²) >= 11 is 7.00. The summed E-state index contributed by atoms with van der Waals surface area (Å²) in [5.74, 6) is -0.400. The van der Waals surface area contributed by atoms with Crippen LogP contribution in [0.25, 0.3) is 0 Å². The molecule has 0 spiro atoms. The average molecular weight is 178 g/mol. The number of aromatic nitrogens is 1. The molecule has 0 saturated carbocycles. The van der Waals surface area contributed by atoms with Gasteiger partial charge in [0.25, 0.3) is 0 Å². The van der Waals surface area contributed by atoms with Crippen molar-refractivity contribution in [3.8, 4) is 0 Å². The summed E-state index contributed by atoms with van der Waals surface area (Å²) in [7, 11) is 0. The Morgan fingerprint density at radius 1 is 1.70 bits per heavy atom. The van der Waals surface area contributed by atoms with Crippen LogP contribution in [0.2, 0.25) is 5.02 Å². The van der Waals surface area contributed by atoms with Crippen molar-refractivity contribution in [1.29, 1.82) is 0 Å². The number of halogens is 2. The van der Waals surface area contributed by atoms with Gasteiger partial charge in [-0.3, -0.25) is 0 Å². The quantitative estimate of drug-likeness (QED) is 0.612. The van der Waals surface area contributed by atoms with Gasteiger partial charge in [-0.05, 0) is 12.3 Å². The van der Waals surface area contributed by atoms with Gasteiger partial charge in [-0.25, -0.2) is 9.37 Å². The zero-order chi connectivity index (χ0) is 7.56. The molecular formula is C6H5ClFNS. The molecule has 1 aromatic rings. The standard InChI is InChI=1S/C6H5ClFNS/c1-10-6-5(7)2-4(8)3-9-6/h2-3H,1H3. The van der Waals surface area contributed by atoms with Gasteiger partial charge in [0.2, 0.25) is 0 Å². The Balaban J connectivity index is 3.07. The molecule has 0 fully saturated rings. The van der Waals surface area contributed by atoms with Crippen molar-refractivity contribution in [2.24, 2.45) is 0 Å². The molecule has 0 bridgehead atoms. The molecule has 0 aliphatic rings. The smallest absolute Gasteiger partial charge is 0.143 e. The van der Waals surface area contributed by atoms with Crippen molar-refractivity contribution in [2.45, 2.75) is 5.03 Å². The van der Waals surface area contributed by atoms with E-state index >= 15 is 0 Å². The predicted molar refractivity (Wildman–Crippen MR) is 41.0 cm³/mol. The Morgan fingerprint density at radius 2 is 2.40 bits per heavy atom. The van der Waals surface area contributed by atoms with Crippen LogP contribution >= 0.6 is 23.4 Å². The van der Waals surface area contributed by atoms with E-state index in [0.29, 0.717) is 10.0 Å². The van der Waals surface area contributed by atoms with Crippen molar-refractivity contribution >= 4 is 23.4 Å². The van der Waals surface area contributed by atoms with Gasteiger partial charge >= 0.3 is 0 Å². The first kappa shape index (κ1) is 7.82. The van der Waals surface area contributed by atoms with Crippen molar-refractivity contribution < 1.29 is 4.39 Å². The highest BCUT2D eigenvalue weighted by Crippen LogP contribution is 2.22. The molecule has 0 atom stereocenters. The molecule has 0 radical (unpaired) electrons. The number of rotatable bonds is 1. The minimum atomic E-state index is -0.400. The van der Waals surface area contributed by atoms with Crippen molar-refractivity contribution in [1.82, 2.24) is 4.98 Å². The van der Waals surface area contributed by atoms with Gasteiger partial charge in [-0.1, -0.05) is 11.6 Å². The number of nitrogens with zero attached hydrogens (tertiary/aromatic N) is 1. The Labute approximate surface area is 67.6 Å². The van der Waals surface area contributed by atoms with Gasteiger partial charge in [0, 0.05) is 0 Å². The van der Waals surface area contributed by atoms with Gasteiger partial charge in [-0.2, -0.15) is 0 Å². The van der Waals surface area contributed by atoms with E-state index in [-0.39, 0.29) is 0 Å². The van der Waals surface area contributed by atoms with E-state index in [4.69, 9.17) is 11.6 Å². The average Bonchev–Trinajstić information content (AvgIpc) is 1.88. The van der Waals surface area contributed by atoms with Gasteiger partial charge in [0.05, 0.1) is 11.2 Å². The molecule has 0 aromatic carbocycles. The summed E-state index contributed by atoms with van der Waals surface area (Å²) < 4.78 is 12.3. The fourth-order valence-corrected chi connectivity index (χ4v) is 1.35. The highest BCUT2D eigenvalue weighted by molar-refractivity contribution is 7.98. The largest absolute Gasteiger partial charge is 0.245 e. The molecule has 10 heavy (non-hydrogen) atoms. The fraction of sp³-hybridized carbons (Fsp3) is 0.167. The van der Waals surface area contributed by atoms with Gasteiger partial charge < -0.3 is 0 Å². The predicted octanol–water partition coefficient (Wildman–Crippen LogP) is 2.60. The number of thioether (sulfide) groups is 1. The first-order chi connectivity index (χ1) is 4.74. The maximum Gasteiger partial charge on any atom is 0.143 e. The summed E-state index contributed by atoms with van der Waals surface area (Å²) in [4.78, 5) is 3.75. The lowest BCUT2D eigenvalue weighted by atomic mass is 10.5. The Morgan fingerprint density at radius 3 is 2.90 bits per heavy atom. The third-order valence-electron chi connectivity index (χ3n) is 0.967. The van der Waals surface area contributed by atoms with Gasteiger partial charge in [-0.15, -0.1) is 11.8 Å². The van der Waals surface area contributed by atoms with Crippen molar-refractivity contribution in [2.75, 3.05) is 6.26 Å². The van der Waals surface area contributed by atoms with Crippen molar-refractivity contribution in [3.05, 3.63) is 23.1 Å².